The van der Waals surface area contributed by atoms with Crippen molar-refractivity contribution in [2.45, 2.75) is 45.8 Å². The molecule has 21 heavy (non-hydrogen) atoms. The van der Waals surface area contributed by atoms with Gasteiger partial charge in [0.05, 0.1) is 10.0 Å². The molecule has 118 valence electrons. The van der Waals surface area contributed by atoms with Gasteiger partial charge in [-0.25, -0.2) is 0 Å². The van der Waals surface area contributed by atoms with Gasteiger partial charge in [0.2, 0.25) is 0 Å². The molecule has 1 aliphatic rings. The van der Waals surface area contributed by atoms with Crippen LogP contribution in [0.1, 0.15) is 33.1 Å². The third-order valence-corrected chi connectivity index (χ3v) is 4.55. The second kappa shape index (κ2) is 7.01. The lowest BCUT2D eigenvalue weighted by Crippen LogP contribution is -2.33. The van der Waals surface area contributed by atoms with Gasteiger partial charge in [0.25, 0.3) is 0 Å². The quantitative estimate of drug-likeness (QED) is 0.746. The zero-order valence-electron chi connectivity index (χ0n) is 12.0. The molecule has 3 unspecified atom stereocenters. The van der Waals surface area contributed by atoms with Crippen LogP contribution in [0.4, 0.5) is 14.5 Å². The summed E-state index contributed by atoms with van der Waals surface area (Å²) in [6.45, 7) is 1.53. The standard InChI is InChI=1S/C15H19Cl2F2NO/c1-8-3-4-13(9(2)5-8)20-10-6-11(16)14(12(17)7-10)21-15(18)19/h6-9,13,15,20H,3-5H2,1-2H3. The van der Waals surface area contributed by atoms with Crippen LogP contribution in [0, 0.1) is 11.8 Å². The van der Waals surface area contributed by atoms with Crippen molar-refractivity contribution in [2.24, 2.45) is 11.8 Å². The van der Waals surface area contributed by atoms with Gasteiger partial charge in [-0.3, -0.25) is 0 Å². The third-order valence-electron chi connectivity index (χ3n) is 3.99. The highest BCUT2D eigenvalue weighted by Crippen LogP contribution is 2.38. The first kappa shape index (κ1) is 16.6. The first-order valence-corrected chi connectivity index (χ1v) is 7.82. The number of alkyl halides is 2. The number of rotatable bonds is 4. The molecule has 0 saturated heterocycles. The van der Waals surface area contributed by atoms with Crippen molar-refractivity contribution in [3.05, 3.63) is 22.2 Å². The van der Waals surface area contributed by atoms with Gasteiger partial charge in [-0.1, -0.05) is 37.0 Å². The van der Waals surface area contributed by atoms with Gasteiger partial charge >= 0.3 is 6.61 Å². The van der Waals surface area contributed by atoms with E-state index in [1.807, 2.05) is 0 Å². The van der Waals surface area contributed by atoms with Crippen molar-refractivity contribution in [1.29, 1.82) is 0 Å². The molecule has 1 aromatic carbocycles. The number of benzene rings is 1. The Labute approximate surface area is 133 Å². The predicted octanol–water partition coefficient (Wildman–Crippen LogP) is 5.83. The highest BCUT2D eigenvalue weighted by Gasteiger charge is 2.25. The molecule has 1 aromatic rings. The van der Waals surface area contributed by atoms with Crippen molar-refractivity contribution >= 4 is 28.9 Å². The monoisotopic (exact) mass is 337 g/mol. The molecule has 0 spiro atoms. The van der Waals surface area contributed by atoms with Gasteiger partial charge in [0.15, 0.2) is 5.75 Å². The Hall–Kier alpha value is -0.740. The molecular formula is C15H19Cl2F2NO. The number of hydrogen-bond donors (Lipinski definition) is 1. The van der Waals surface area contributed by atoms with Crippen molar-refractivity contribution in [2.75, 3.05) is 5.32 Å². The molecule has 1 saturated carbocycles. The van der Waals surface area contributed by atoms with E-state index >= 15 is 0 Å². The minimum Gasteiger partial charge on any atom is -0.432 e. The lowest BCUT2D eigenvalue weighted by Gasteiger charge is -2.34. The van der Waals surface area contributed by atoms with Gasteiger partial charge in [0, 0.05) is 11.7 Å². The van der Waals surface area contributed by atoms with E-state index in [4.69, 9.17) is 23.2 Å². The Morgan fingerprint density at radius 3 is 2.33 bits per heavy atom. The molecule has 0 aliphatic heterocycles. The van der Waals surface area contributed by atoms with E-state index < -0.39 is 6.61 Å². The van der Waals surface area contributed by atoms with E-state index in [9.17, 15) is 8.78 Å². The minimum absolute atomic E-state index is 0.0853. The van der Waals surface area contributed by atoms with Gasteiger partial charge < -0.3 is 10.1 Å². The maximum atomic E-state index is 12.3. The molecule has 1 N–H and O–H groups in total. The molecule has 0 heterocycles. The fraction of sp³-hybridized carbons (Fsp3) is 0.600. The van der Waals surface area contributed by atoms with E-state index in [1.165, 1.54) is 12.8 Å². The molecule has 0 amide bonds. The number of anilines is 1. The summed E-state index contributed by atoms with van der Waals surface area (Å²) in [5.74, 6) is 1.11. The lowest BCUT2D eigenvalue weighted by atomic mass is 9.80. The second-order valence-corrected chi connectivity index (χ2v) is 6.61. The summed E-state index contributed by atoms with van der Waals surface area (Å²) in [5, 5.41) is 3.57. The van der Waals surface area contributed by atoms with Crippen LogP contribution < -0.4 is 10.1 Å². The minimum atomic E-state index is -2.95. The zero-order valence-corrected chi connectivity index (χ0v) is 13.5. The SMILES string of the molecule is CC1CCC(Nc2cc(Cl)c(OC(F)F)c(Cl)c2)C(C)C1. The average molecular weight is 338 g/mol. The van der Waals surface area contributed by atoms with Crippen LogP contribution >= 0.6 is 23.2 Å². The van der Waals surface area contributed by atoms with Gasteiger partial charge in [0.1, 0.15) is 0 Å². The van der Waals surface area contributed by atoms with Crippen LogP contribution in [-0.4, -0.2) is 12.7 Å². The van der Waals surface area contributed by atoms with Crippen molar-refractivity contribution < 1.29 is 13.5 Å². The largest absolute Gasteiger partial charge is 0.432 e. The number of ether oxygens (including phenoxy) is 1. The van der Waals surface area contributed by atoms with Crippen molar-refractivity contribution in [1.82, 2.24) is 0 Å². The van der Waals surface area contributed by atoms with E-state index in [2.05, 4.69) is 23.9 Å². The van der Waals surface area contributed by atoms with E-state index in [1.54, 1.807) is 12.1 Å². The maximum Gasteiger partial charge on any atom is 0.387 e. The molecule has 2 nitrogen and oxygen atoms in total. The van der Waals surface area contributed by atoms with Gasteiger partial charge in [-0.05, 0) is 43.2 Å². The summed E-state index contributed by atoms with van der Waals surface area (Å²) in [7, 11) is 0. The zero-order chi connectivity index (χ0) is 15.6. The summed E-state index contributed by atoms with van der Waals surface area (Å²) in [5.41, 5.74) is 0.734. The summed E-state index contributed by atoms with van der Waals surface area (Å²) in [4.78, 5) is 0. The molecule has 6 heteroatoms. The van der Waals surface area contributed by atoms with Crippen LogP contribution in [-0.2, 0) is 0 Å². The summed E-state index contributed by atoms with van der Waals surface area (Å²) in [6, 6.07) is 3.50. The second-order valence-electron chi connectivity index (χ2n) is 5.79. The maximum absolute atomic E-state index is 12.3. The van der Waals surface area contributed by atoms with Crippen molar-refractivity contribution in [3.8, 4) is 5.75 Å². The summed E-state index contributed by atoms with van der Waals surface area (Å²) in [6.07, 6.45) is 3.43. The molecule has 0 bridgehead atoms. The van der Waals surface area contributed by atoms with E-state index in [0.717, 1.165) is 18.0 Å². The topological polar surface area (TPSA) is 21.3 Å². The van der Waals surface area contributed by atoms with Crippen LogP contribution in [0.15, 0.2) is 12.1 Å². The first-order valence-electron chi connectivity index (χ1n) is 7.07. The van der Waals surface area contributed by atoms with E-state index in [0.29, 0.717) is 12.0 Å². The van der Waals surface area contributed by atoms with Crippen LogP contribution in [0.5, 0.6) is 5.75 Å². The smallest absolute Gasteiger partial charge is 0.387 e. The number of nitrogens with one attached hydrogen (secondary N) is 1. The Morgan fingerprint density at radius 1 is 1.19 bits per heavy atom. The van der Waals surface area contributed by atoms with Crippen LogP contribution in [0.2, 0.25) is 10.0 Å². The van der Waals surface area contributed by atoms with Crippen LogP contribution in [0.25, 0.3) is 0 Å². The highest BCUT2D eigenvalue weighted by atomic mass is 35.5. The molecule has 2 rings (SSSR count). The first-order chi connectivity index (χ1) is 9.86. The molecule has 1 aliphatic carbocycles. The average Bonchev–Trinajstić information content (AvgIpc) is 2.37. The summed E-state index contributed by atoms with van der Waals surface area (Å²) < 4.78 is 28.9. The number of halogens is 4. The summed E-state index contributed by atoms with van der Waals surface area (Å²) >= 11 is 11.9. The van der Waals surface area contributed by atoms with Gasteiger partial charge in [-0.2, -0.15) is 8.78 Å². The third kappa shape index (κ3) is 4.36. The lowest BCUT2D eigenvalue weighted by molar-refractivity contribution is -0.0497. The normalized spacial score (nSPS) is 26.0. The van der Waals surface area contributed by atoms with Crippen LogP contribution in [0.3, 0.4) is 0 Å². The Morgan fingerprint density at radius 2 is 1.81 bits per heavy atom. The Kier molecular flexibility index (Phi) is 5.55. The van der Waals surface area contributed by atoms with Crippen molar-refractivity contribution in [3.63, 3.8) is 0 Å². The predicted molar refractivity (Wildman–Crippen MR) is 82.7 cm³/mol. The molecular weight excluding hydrogens is 319 g/mol. The Bertz CT molecular complexity index is 476. The molecule has 1 fully saturated rings. The number of hydrogen-bond acceptors (Lipinski definition) is 2. The van der Waals surface area contributed by atoms with Gasteiger partial charge in [-0.15, -0.1) is 0 Å². The molecule has 0 aromatic heterocycles. The molecule has 3 atom stereocenters. The Balaban J connectivity index is 2.11. The molecule has 0 radical (unpaired) electrons. The highest BCUT2D eigenvalue weighted by molar-refractivity contribution is 6.37. The van der Waals surface area contributed by atoms with E-state index in [-0.39, 0.29) is 15.8 Å². The fourth-order valence-corrected chi connectivity index (χ4v) is 3.51. The fourth-order valence-electron chi connectivity index (χ4n) is 2.94.